The molecule has 362 valence electrons. The van der Waals surface area contributed by atoms with Gasteiger partial charge in [-0.05, 0) is 120 Å². The summed E-state index contributed by atoms with van der Waals surface area (Å²) in [5, 5.41) is 24.3. The second-order valence-electron chi connectivity index (χ2n) is 20.4. The van der Waals surface area contributed by atoms with Gasteiger partial charge in [-0.15, -0.1) is 5.10 Å². The van der Waals surface area contributed by atoms with E-state index >= 15 is 9.59 Å². The van der Waals surface area contributed by atoms with Crippen LogP contribution >= 0.6 is 0 Å². The number of fused-ring (bicyclic) bond motifs is 2. The minimum absolute atomic E-state index is 0.00912. The van der Waals surface area contributed by atoms with Crippen LogP contribution in [0, 0.1) is 5.92 Å². The number of rotatable bonds is 16. The smallest absolute Gasteiger partial charge is 0.264 e. The van der Waals surface area contributed by atoms with E-state index in [9.17, 15) is 5.11 Å². The number of aliphatic hydroxyl groups excluding tert-OH is 1. The molecule has 2 N–H and O–H groups in total. The van der Waals surface area contributed by atoms with Gasteiger partial charge in [0, 0.05) is 42.1 Å². The van der Waals surface area contributed by atoms with E-state index < -0.39 is 19.2 Å². The lowest BCUT2D eigenvalue weighted by atomic mass is 9.82. The Hall–Kier alpha value is -5.86. The molecule has 69 heavy (non-hydrogen) atoms. The third kappa shape index (κ3) is 8.87. The van der Waals surface area contributed by atoms with Gasteiger partial charge >= 0.3 is 0 Å². The fourth-order valence-electron chi connectivity index (χ4n) is 11.9. The van der Waals surface area contributed by atoms with Crippen LogP contribution in [0.4, 0.5) is 17.1 Å². The minimum atomic E-state index is -2.48. The van der Waals surface area contributed by atoms with Crippen molar-refractivity contribution < 1.29 is 24.2 Å². The van der Waals surface area contributed by atoms with Crippen molar-refractivity contribution in [1.29, 1.82) is 0 Å². The van der Waals surface area contributed by atoms with Gasteiger partial charge < -0.3 is 29.7 Å². The maximum atomic E-state index is 15.9. The highest BCUT2D eigenvalue weighted by molar-refractivity contribution is 6.91. The van der Waals surface area contributed by atoms with Crippen molar-refractivity contribution >= 4 is 42.1 Å². The Morgan fingerprint density at radius 1 is 0.928 bits per heavy atom. The molecule has 0 aliphatic carbocycles. The van der Waals surface area contributed by atoms with E-state index in [0.717, 1.165) is 59.9 Å². The maximum absolute atomic E-state index is 15.9. The predicted molar refractivity (Wildman–Crippen MR) is 277 cm³/mol. The van der Waals surface area contributed by atoms with Gasteiger partial charge in [0.05, 0.1) is 51.9 Å². The molecule has 13 heteroatoms. The Morgan fingerprint density at radius 2 is 1.64 bits per heavy atom. The van der Waals surface area contributed by atoms with Crippen LogP contribution in [0.15, 0.2) is 133 Å². The summed E-state index contributed by atoms with van der Waals surface area (Å²) in [6, 6.07) is 34.8. The van der Waals surface area contributed by atoms with Gasteiger partial charge in [0.15, 0.2) is 5.60 Å². The van der Waals surface area contributed by atoms with Crippen LogP contribution in [0.3, 0.4) is 0 Å². The number of aromatic nitrogens is 3. The molecule has 4 aliphatic heterocycles. The number of carbonyl (C=O) groups is 2. The van der Waals surface area contributed by atoms with Gasteiger partial charge in [0.2, 0.25) is 0 Å². The Bertz CT molecular complexity index is 2680. The quantitative estimate of drug-likeness (QED) is 0.0739. The number of hydrogen-bond donors (Lipinski definition) is 2. The number of aliphatic hydroxyl groups is 1. The molecular formula is C56H69N7O5Si. The largest absolute Gasteiger partial charge is 0.497 e. The molecule has 1 aromatic heterocycles. The fourth-order valence-corrected chi connectivity index (χ4v) is 16.0. The standard InChI is InChI=1S/C56H69N7O5Si/c1-39(2)15-14-16-40(3)27-34-61-50-26-21-44(62-38-63(43-19-12-9-13-20-43)55(53(62)65)29-31-57-32-30-55)35-48(50)56(54(61)66)41(4)52(69(6,7)46-24-22-45(67-5)23-25-46)51(68-56)28-33-60-36-49(58-59-60)47(37-64)42-17-10-8-11-18-42/h8-13,15,17-27,35-36,41,47,51-52,57,64H,14,16,28-34,37-38H2,1-7H3/b40-27+/t41-,47?,51+,52-,56+/m0/s1. The number of hydrogen-bond acceptors (Lipinski definition) is 9. The Kier molecular flexibility index (Phi) is 13.9. The molecule has 1 unspecified atom stereocenters. The van der Waals surface area contributed by atoms with Crippen LogP contribution in [-0.4, -0.2) is 91.7 Å². The molecule has 2 amide bonds. The van der Waals surface area contributed by atoms with E-state index in [1.165, 1.54) is 16.3 Å². The highest BCUT2D eigenvalue weighted by Crippen LogP contribution is 2.60. The zero-order valence-corrected chi connectivity index (χ0v) is 42.4. The number of nitrogens with one attached hydrogen (secondary N) is 1. The molecule has 4 aliphatic rings. The van der Waals surface area contributed by atoms with Crippen molar-refractivity contribution in [2.45, 2.75) is 108 Å². The predicted octanol–water partition coefficient (Wildman–Crippen LogP) is 8.69. The molecule has 4 aromatic carbocycles. The number of para-hydroxylation sites is 1. The highest BCUT2D eigenvalue weighted by atomic mass is 28.3. The lowest BCUT2D eigenvalue weighted by Gasteiger charge is -2.39. The van der Waals surface area contributed by atoms with E-state index in [1.807, 2.05) is 87.4 Å². The number of allylic oxidation sites excluding steroid dienone is 3. The summed E-state index contributed by atoms with van der Waals surface area (Å²) in [5.41, 5.74) is 5.63. The van der Waals surface area contributed by atoms with E-state index in [4.69, 9.17) is 9.47 Å². The maximum Gasteiger partial charge on any atom is 0.264 e. The summed E-state index contributed by atoms with van der Waals surface area (Å²) in [4.78, 5) is 37.1. The Morgan fingerprint density at radius 3 is 2.32 bits per heavy atom. The first-order chi connectivity index (χ1) is 33.3. The Balaban J connectivity index is 1.12. The first-order valence-electron chi connectivity index (χ1n) is 24.8. The molecular weight excluding hydrogens is 879 g/mol. The lowest BCUT2D eigenvalue weighted by Crippen LogP contribution is -2.55. The molecule has 9 rings (SSSR count). The number of methoxy groups -OCH3 is 1. The van der Waals surface area contributed by atoms with Crippen molar-refractivity contribution in [2.75, 3.05) is 54.7 Å². The van der Waals surface area contributed by atoms with Crippen LogP contribution < -0.4 is 29.9 Å². The molecule has 3 fully saturated rings. The number of anilines is 3. The molecule has 5 aromatic rings. The zero-order valence-electron chi connectivity index (χ0n) is 41.4. The lowest BCUT2D eigenvalue weighted by molar-refractivity contribution is -0.145. The van der Waals surface area contributed by atoms with E-state index in [2.05, 4.69) is 110 Å². The van der Waals surface area contributed by atoms with Gasteiger partial charge in [-0.3, -0.25) is 19.2 Å². The van der Waals surface area contributed by atoms with E-state index in [0.29, 0.717) is 44.7 Å². The average Bonchev–Trinajstić information content (AvgIpc) is 4.09. The van der Waals surface area contributed by atoms with Crippen LogP contribution in [0.1, 0.15) is 82.5 Å². The molecule has 0 radical (unpaired) electrons. The number of carbonyl (C=O) groups excluding carboxylic acids is 2. The number of amides is 2. The van der Waals surface area contributed by atoms with Gasteiger partial charge in [-0.2, -0.15) is 0 Å². The molecule has 5 heterocycles. The number of aryl methyl sites for hydroxylation is 1. The molecule has 0 saturated carbocycles. The second-order valence-corrected chi connectivity index (χ2v) is 25.1. The number of benzene rings is 4. The topological polar surface area (TPSA) is 125 Å². The molecule has 12 nitrogen and oxygen atoms in total. The van der Waals surface area contributed by atoms with Crippen molar-refractivity contribution in [3.8, 4) is 5.75 Å². The van der Waals surface area contributed by atoms with Gasteiger partial charge in [0.1, 0.15) is 11.3 Å². The second kappa shape index (κ2) is 19.9. The zero-order chi connectivity index (χ0) is 48.5. The summed E-state index contributed by atoms with van der Waals surface area (Å²) >= 11 is 0. The SMILES string of the molecule is COc1ccc([Si](C)(C)[C@@H]2[C@@H](CCn3cc(C(CO)c4ccccc4)nn3)O[C@]3(C(=O)N(C/C=C(\C)CCC=C(C)C)c4ccc(N5CN(c6ccccc6)C6(CCNCC6)C5=O)cc43)[C@H]2C)cc1. The fraction of sp³-hybridized carbons (Fsp3) is 0.429. The summed E-state index contributed by atoms with van der Waals surface area (Å²) in [6.45, 7) is 16.2. The first-order valence-corrected chi connectivity index (χ1v) is 27.9. The monoisotopic (exact) mass is 948 g/mol. The molecule has 0 bridgehead atoms. The van der Waals surface area contributed by atoms with Crippen molar-refractivity contribution in [3.63, 3.8) is 0 Å². The third-order valence-corrected chi connectivity index (χ3v) is 20.1. The van der Waals surface area contributed by atoms with Crippen molar-refractivity contribution in [3.05, 3.63) is 149 Å². The summed E-state index contributed by atoms with van der Waals surface area (Å²) in [6.07, 6.45) is 9.88. The summed E-state index contributed by atoms with van der Waals surface area (Å²) in [5.74, 6) is 0.281. The first kappa shape index (κ1) is 48.2. The van der Waals surface area contributed by atoms with Crippen LogP contribution in [0.5, 0.6) is 5.75 Å². The minimum Gasteiger partial charge on any atom is -0.497 e. The number of ether oxygens (including phenoxy) is 2. The molecule has 3 saturated heterocycles. The Labute approximate surface area is 409 Å². The van der Waals surface area contributed by atoms with Crippen LogP contribution in [0.25, 0.3) is 0 Å². The molecule has 2 spiro atoms. The van der Waals surface area contributed by atoms with Crippen LogP contribution in [-0.2, 0) is 26.5 Å². The van der Waals surface area contributed by atoms with Gasteiger partial charge in [-0.1, -0.05) is 114 Å². The average molecular weight is 948 g/mol. The summed E-state index contributed by atoms with van der Waals surface area (Å²) < 4.78 is 15.1. The van der Waals surface area contributed by atoms with E-state index in [-0.39, 0.29) is 41.9 Å². The highest BCUT2D eigenvalue weighted by Gasteiger charge is 2.66. The number of piperidine rings is 1. The van der Waals surface area contributed by atoms with Crippen molar-refractivity contribution in [2.24, 2.45) is 5.92 Å². The normalized spacial score (nSPS) is 22.8. The molecule has 5 atom stereocenters. The summed E-state index contributed by atoms with van der Waals surface area (Å²) in [7, 11) is -0.797. The van der Waals surface area contributed by atoms with Crippen molar-refractivity contribution in [1.82, 2.24) is 20.3 Å². The number of nitrogens with zero attached hydrogens (tertiary/aromatic N) is 6. The third-order valence-electron chi connectivity index (χ3n) is 15.7. The van der Waals surface area contributed by atoms with Crippen LogP contribution in [0.2, 0.25) is 18.6 Å². The van der Waals surface area contributed by atoms with Gasteiger partial charge in [-0.25, -0.2) is 0 Å². The van der Waals surface area contributed by atoms with Gasteiger partial charge in [0.25, 0.3) is 11.8 Å². The van der Waals surface area contributed by atoms with E-state index in [1.54, 1.807) is 7.11 Å².